The van der Waals surface area contributed by atoms with Gasteiger partial charge in [0, 0.05) is 30.8 Å². The molecule has 0 spiro atoms. The van der Waals surface area contributed by atoms with Crippen LogP contribution in [0.1, 0.15) is 26.3 Å². The zero-order valence-corrected chi connectivity index (χ0v) is 15.1. The Morgan fingerprint density at radius 2 is 1.58 bits per heavy atom. The molecule has 0 aliphatic rings. The van der Waals surface area contributed by atoms with Crippen LogP contribution in [0.4, 0.5) is 5.69 Å². The predicted octanol–water partition coefficient (Wildman–Crippen LogP) is 2.71. The summed E-state index contributed by atoms with van der Waals surface area (Å²) in [6.07, 6.45) is 2.95. The van der Waals surface area contributed by atoms with Crippen molar-refractivity contribution in [3.05, 3.63) is 70.3 Å². The number of hydrogen-bond acceptors (Lipinski definition) is 3. The molecule has 0 fully saturated rings. The Kier molecular flexibility index (Phi) is 6.52. The van der Waals surface area contributed by atoms with E-state index in [1.807, 2.05) is 0 Å². The molecule has 3 N–H and O–H groups in total. The van der Waals surface area contributed by atoms with E-state index in [0.717, 1.165) is 5.56 Å². The van der Waals surface area contributed by atoms with Crippen LogP contribution in [0.15, 0.2) is 48.5 Å². The molecular weight excluding hydrogens is 354 g/mol. The maximum atomic E-state index is 12.1. The van der Waals surface area contributed by atoms with Crippen LogP contribution >= 0.6 is 11.6 Å². The number of benzene rings is 2. The summed E-state index contributed by atoms with van der Waals surface area (Å²) in [5.41, 5.74) is 1.93. The fourth-order valence-corrected chi connectivity index (χ4v) is 2.36. The van der Waals surface area contributed by atoms with Crippen molar-refractivity contribution >= 4 is 41.1 Å². The second-order valence-electron chi connectivity index (χ2n) is 5.29. The Balaban J connectivity index is 2.10. The van der Waals surface area contributed by atoms with Crippen molar-refractivity contribution in [2.45, 2.75) is 0 Å². The van der Waals surface area contributed by atoms with Crippen molar-refractivity contribution < 1.29 is 14.4 Å². The van der Waals surface area contributed by atoms with Gasteiger partial charge in [-0.15, -0.1) is 0 Å². The third-order valence-electron chi connectivity index (χ3n) is 3.54. The molecule has 0 aliphatic heterocycles. The lowest BCUT2D eigenvalue weighted by Gasteiger charge is -2.09. The van der Waals surface area contributed by atoms with Gasteiger partial charge in [0.05, 0.1) is 11.3 Å². The molecule has 0 saturated carbocycles. The number of halogens is 1. The predicted molar refractivity (Wildman–Crippen MR) is 102 cm³/mol. The van der Waals surface area contributed by atoms with E-state index in [2.05, 4.69) is 16.0 Å². The van der Waals surface area contributed by atoms with Crippen molar-refractivity contribution in [2.24, 2.45) is 0 Å². The first-order valence-corrected chi connectivity index (χ1v) is 8.15. The quantitative estimate of drug-likeness (QED) is 0.706. The van der Waals surface area contributed by atoms with Gasteiger partial charge in [-0.2, -0.15) is 0 Å². The van der Waals surface area contributed by atoms with Gasteiger partial charge in [0.25, 0.3) is 11.8 Å². The second-order valence-corrected chi connectivity index (χ2v) is 5.73. The highest BCUT2D eigenvalue weighted by Crippen LogP contribution is 2.21. The number of nitrogens with one attached hydrogen (secondary N) is 3. The fourth-order valence-electron chi connectivity index (χ4n) is 2.18. The van der Waals surface area contributed by atoms with Gasteiger partial charge in [0.15, 0.2) is 0 Å². The molecule has 7 heteroatoms. The van der Waals surface area contributed by atoms with E-state index in [4.69, 9.17) is 11.6 Å². The lowest BCUT2D eigenvalue weighted by Crippen LogP contribution is -2.20. The normalized spacial score (nSPS) is 10.4. The third kappa shape index (κ3) is 4.94. The van der Waals surface area contributed by atoms with Crippen molar-refractivity contribution in [3.8, 4) is 0 Å². The van der Waals surface area contributed by atoms with Crippen molar-refractivity contribution in [2.75, 3.05) is 19.4 Å². The van der Waals surface area contributed by atoms with Gasteiger partial charge in [0.1, 0.15) is 0 Å². The first kappa shape index (κ1) is 19.2. The Hall–Kier alpha value is -3.12. The summed E-state index contributed by atoms with van der Waals surface area (Å²) < 4.78 is 0. The van der Waals surface area contributed by atoms with Crippen LogP contribution in [0, 0.1) is 0 Å². The largest absolute Gasteiger partial charge is 0.355 e. The highest BCUT2D eigenvalue weighted by molar-refractivity contribution is 6.31. The maximum Gasteiger partial charge on any atom is 0.253 e. The first-order chi connectivity index (χ1) is 12.4. The molecule has 0 unspecified atom stereocenters. The van der Waals surface area contributed by atoms with Gasteiger partial charge in [-0.05, 0) is 42.0 Å². The highest BCUT2D eigenvalue weighted by atomic mass is 35.5. The summed E-state index contributed by atoms with van der Waals surface area (Å²) in [5.74, 6) is -0.924. The zero-order chi connectivity index (χ0) is 19.1. The van der Waals surface area contributed by atoms with Crippen LogP contribution in [0.5, 0.6) is 0 Å². The summed E-state index contributed by atoms with van der Waals surface area (Å²) >= 11 is 5.91. The van der Waals surface area contributed by atoms with Crippen LogP contribution in [0.25, 0.3) is 6.08 Å². The Labute approximate surface area is 156 Å². The molecule has 0 heterocycles. The van der Waals surface area contributed by atoms with E-state index >= 15 is 0 Å². The van der Waals surface area contributed by atoms with Gasteiger partial charge >= 0.3 is 0 Å². The van der Waals surface area contributed by atoms with E-state index in [1.54, 1.807) is 49.5 Å². The molecule has 2 aromatic carbocycles. The number of amides is 3. The molecule has 134 valence electrons. The van der Waals surface area contributed by atoms with E-state index in [-0.39, 0.29) is 17.4 Å². The van der Waals surface area contributed by atoms with Gasteiger partial charge in [-0.3, -0.25) is 14.4 Å². The van der Waals surface area contributed by atoms with Crippen LogP contribution < -0.4 is 16.0 Å². The Bertz CT molecular complexity index is 861. The summed E-state index contributed by atoms with van der Waals surface area (Å²) in [6, 6.07) is 11.4. The summed E-state index contributed by atoms with van der Waals surface area (Å²) in [7, 11) is 3.06. The number of carbonyl (C=O) groups is 3. The number of hydrogen-bond donors (Lipinski definition) is 3. The molecule has 0 aliphatic carbocycles. The van der Waals surface area contributed by atoms with Gasteiger partial charge in [-0.1, -0.05) is 23.7 Å². The van der Waals surface area contributed by atoms with Gasteiger partial charge in [-0.25, -0.2) is 0 Å². The minimum Gasteiger partial charge on any atom is -0.355 e. The topological polar surface area (TPSA) is 87.3 Å². The molecule has 2 rings (SSSR count). The molecule has 0 aromatic heterocycles. The second kappa shape index (κ2) is 8.82. The molecule has 6 nitrogen and oxygen atoms in total. The van der Waals surface area contributed by atoms with Crippen molar-refractivity contribution in [1.29, 1.82) is 0 Å². The van der Waals surface area contributed by atoms with E-state index in [1.165, 1.54) is 19.2 Å². The van der Waals surface area contributed by atoms with Crippen molar-refractivity contribution in [1.82, 2.24) is 10.6 Å². The molecule has 0 atom stereocenters. The van der Waals surface area contributed by atoms with Gasteiger partial charge < -0.3 is 16.0 Å². The average molecular weight is 372 g/mol. The van der Waals surface area contributed by atoms with Crippen LogP contribution in [0.2, 0.25) is 5.02 Å². The molecule has 0 radical (unpaired) electrons. The standard InChI is InChI=1S/C19H18ClN3O3/c1-21-18(25)13-6-3-12(4-7-13)5-10-17(24)23-16-9-8-14(20)11-15(16)19(26)22-2/h3-11H,1-2H3,(H,21,25)(H,22,26)(H,23,24). The lowest BCUT2D eigenvalue weighted by atomic mass is 10.1. The van der Waals surface area contributed by atoms with Gasteiger partial charge in [0.2, 0.25) is 5.91 Å². The Morgan fingerprint density at radius 3 is 2.19 bits per heavy atom. The monoisotopic (exact) mass is 371 g/mol. The molecule has 3 amide bonds. The smallest absolute Gasteiger partial charge is 0.253 e. The van der Waals surface area contributed by atoms with Crippen LogP contribution in [-0.4, -0.2) is 31.8 Å². The van der Waals surface area contributed by atoms with E-state index in [9.17, 15) is 14.4 Å². The summed E-state index contributed by atoms with van der Waals surface area (Å²) in [4.78, 5) is 35.5. The SMILES string of the molecule is CNC(=O)c1ccc(C=CC(=O)Nc2ccc(Cl)cc2C(=O)NC)cc1. The lowest BCUT2D eigenvalue weighted by molar-refractivity contribution is -0.111. The maximum absolute atomic E-state index is 12.1. The molecule has 2 aromatic rings. The molecule has 0 bridgehead atoms. The number of carbonyl (C=O) groups excluding carboxylic acids is 3. The zero-order valence-electron chi connectivity index (χ0n) is 14.3. The minimum absolute atomic E-state index is 0.178. The number of anilines is 1. The highest BCUT2D eigenvalue weighted by Gasteiger charge is 2.12. The van der Waals surface area contributed by atoms with Crippen molar-refractivity contribution in [3.63, 3.8) is 0 Å². The molecule has 26 heavy (non-hydrogen) atoms. The first-order valence-electron chi connectivity index (χ1n) is 7.77. The number of rotatable bonds is 5. The summed E-state index contributed by atoms with van der Waals surface area (Å²) in [6.45, 7) is 0. The Morgan fingerprint density at radius 1 is 0.923 bits per heavy atom. The minimum atomic E-state index is -0.396. The molecular formula is C19H18ClN3O3. The van der Waals surface area contributed by atoms with Crippen LogP contribution in [0.3, 0.4) is 0 Å². The third-order valence-corrected chi connectivity index (χ3v) is 3.77. The van der Waals surface area contributed by atoms with Crippen LogP contribution in [-0.2, 0) is 4.79 Å². The summed E-state index contributed by atoms with van der Waals surface area (Å²) in [5, 5.41) is 8.09. The fraction of sp³-hybridized carbons (Fsp3) is 0.105. The molecule has 0 saturated heterocycles. The van der Waals surface area contributed by atoms with E-state index in [0.29, 0.717) is 16.3 Å². The average Bonchev–Trinajstić information content (AvgIpc) is 2.66. The van der Waals surface area contributed by atoms with E-state index < -0.39 is 5.91 Å².